The number of nitrogens with one attached hydrogen (secondary N) is 1. The van der Waals surface area contributed by atoms with Crippen molar-refractivity contribution in [1.29, 1.82) is 0 Å². The lowest BCUT2D eigenvalue weighted by molar-refractivity contribution is -0.123. The molecule has 1 aromatic carbocycles. The quantitative estimate of drug-likeness (QED) is 0.813. The minimum absolute atomic E-state index is 0.0849. The highest BCUT2D eigenvalue weighted by molar-refractivity contribution is 6.30. The summed E-state index contributed by atoms with van der Waals surface area (Å²) in [7, 11) is 0. The van der Waals surface area contributed by atoms with E-state index >= 15 is 0 Å². The lowest BCUT2D eigenvalue weighted by Crippen LogP contribution is -2.38. The zero-order valence-corrected chi connectivity index (χ0v) is 14.1. The van der Waals surface area contributed by atoms with Crippen LogP contribution in [0.25, 0.3) is 0 Å². The SMILES string of the molecule is CC(CC(=O)NCC(C)(O)c1ccco1)Cc1ccc(Cl)cc1. The molecule has 2 rings (SSSR count). The van der Waals surface area contributed by atoms with Crippen LogP contribution in [0.3, 0.4) is 0 Å². The number of amides is 1. The molecular weight excluding hydrogens is 314 g/mol. The Morgan fingerprint density at radius 3 is 2.65 bits per heavy atom. The Labute approximate surface area is 141 Å². The third-order valence-electron chi connectivity index (χ3n) is 3.71. The van der Waals surface area contributed by atoms with Gasteiger partial charge in [0.25, 0.3) is 0 Å². The van der Waals surface area contributed by atoms with Crippen molar-refractivity contribution in [3.8, 4) is 0 Å². The first kappa shape index (κ1) is 17.6. The van der Waals surface area contributed by atoms with Gasteiger partial charge in [-0.05, 0) is 49.1 Å². The van der Waals surface area contributed by atoms with Gasteiger partial charge in [0, 0.05) is 11.4 Å². The van der Waals surface area contributed by atoms with Gasteiger partial charge in [-0.15, -0.1) is 0 Å². The molecule has 5 heteroatoms. The van der Waals surface area contributed by atoms with Crippen molar-refractivity contribution in [2.24, 2.45) is 5.92 Å². The van der Waals surface area contributed by atoms with Gasteiger partial charge in [0.1, 0.15) is 11.4 Å². The van der Waals surface area contributed by atoms with E-state index in [9.17, 15) is 9.90 Å². The van der Waals surface area contributed by atoms with Crippen molar-refractivity contribution in [3.05, 3.63) is 59.0 Å². The molecule has 124 valence electrons. The van der Waals surface area contributed by atoms with E-state index in [1.165, 1.54) is 6.26 Å². The van der Waals surface area contributed by atoms with Crippen molar-refractivity contribution in [1.82, 2.24) is 5.32 Å². The van der Waals surface area contributed by atoms with Gasteiger partial charge in [-0.2, -0.15) is 0 Å². The molecule has 23 heavy (non-hydrogen) atoms. The van der Waals surface area contributed by atoms with Crippen LogP contribution < -0.4 is 5.32 Å². The van der Waals surface area contributed by atoms with Crippen LogP contribution in [0.15, 0.2) is 47.1 Å². The first-order valence-corrected chi connectivity index (χ1v) is 8.02. The molecule has 0 saturated carbocycles. The van der Waals surface area contributed by atoms with Gasteiger partial charge >= 0.3 is 0 Å². The predicted octanol–water partition coefficient (Wildman–Crippen LogP) is 3.53. The molecule has 0 fully saturated rings. The van der Waals surface area contributed by atoms with Crippen LogP contribution in [-0.4, -0.2) is 17.6 Å². The van der Waals surface area contributed by atoms with Gasteiger partial charge in [-0.1, -0.05) is 30.7 Å². The minimum atomic E-state index is -1.21. The third-order valence-corrected chi connectivity index (χ3v) is 3.97. The Kier molecular flexibility index (Phi) is 5.85. The van der Waals surface area contributed by atoms with Crippen LogP contribution in [0.5, 0.6) is 0 Å². The third kappa shape index (κ3) is 5.41. The van der Waals surface area contributed by atoms with Crippen molar-refractivity contribution in [2.45, 2.75) is 32.3 Å². The zero-order chi connectivity index (χ0) is 16.9. The fourth-order valence-electron chi connectivity index (χ4n) is 2.43. The second-order valence-electron chi connectivity index (χ2n) is 6.17. The van der Waals surface area contributed by atoms with Crippen LogP contribution in [0.1, 0.15) is 31.6 Å². The monoisotopic (exact) mass is 335 g/mol. The van der Waals surface area contributed by atoms with Crippen molar-refractivity contribution in [3.63, 3.8) is 0 Å². The molecule has 0 aliphatic rings. The molecular formula is C18H22ClNO3. The topological polar surface area (TPSA) is 62.5 Å². The summed E-state index contributed by atoms with van der Waals surface area (Å²) in [5, 5.41) is 13.8. The summed E-state index contributed by atoms with van der Waals surface area (Å²) in [5.74, 6) is 0.551. The highest BCUT2D eigenvalue weighted by atomic mass is 35.5. The molecule has 2 unspecified atom stereocenters. The number of carbonyl (C=O) groups is 1. The summed E-state index contributed by atoms with van der Waals surface area (Å²) >= 11 is 5.86. The standard InChI is InChI=1S/C18H22ClNO3/c1-13(10-14-5-7-15(19)8-6-14)11-17(21)20-12-18(2,22)16-4-3-9-23-16/h3-9,13,22H,10-12H2,1-2H3,(H,20,21). The molecule has 4 nitrogen and oxygen atoms in total. The summed E-state index contributed by atoms with van der Waals surface area (Å²) < 4.78 is 5.19. The van der Waals surface area contributed by atoms with Gasteiger partial charge in [0.05, 0.1) is 12.8 Å². The van der Waals surface area contributed by atoms with E-state index in [-0.39, 0.29) is 18.4 Å². The Morgan fingerprint density at radius 1 is 1.35 bits per heavy atom. The molecule has 2 atom stereocenters. The number of rotatable bonds is 7. The normalized spacial score (nSPS) is 15.0. The Morgan fingerprint density at radius 2 is 2.04 bits per heavy atom. The maximum absolute atomic E-state index is 12.0. The van der Waals surface area contributed by atoms with Crippen LogP contribution in [-0.2, 0) is 16.8 Å². The lowest BCUT2D eigenvalue weighted by Gasteiger charge is -2.21. The van der Waals surface area contributed by atoms with E-state index in [1.54, 1.807) is 19.1 Å². The predicted molar refractivity (Wildman–Crippen MR) is 90.2 cm³/mol. The fraction of sp³-hybridized carbons (Fsp3) is 0.389. The highest BCUT2D eigenvalue weighted by Crippen LogP contribution is 2.20. The molecule has 2 aromatic rings. The summed E-state index contributed by atoms with van der Waals surface area (Å²) in [4.78, 5) is 12.0. The van der Waals surface area contributed by atoms with E-state index < -0.39 is 5.60 Å². The number of aliphatic hydroxyl groups is 1. The molecule has 0 bridgehead atoms. The summed E-state index contributed by atoms with van der Waals surface area (Å²) in [5.41, 5.74) is -0.0595. The fourth-order valence-corrected chi connectivity index (χ4v) is 2.55. The highest BCUT2D eigenvalue weighted by Gasteiger charge is 2.26. The van der Waals surface area contributed by atoms with Crippen LogP contribution in [0.4, 0.5) is 0 Å². The largest absolute Gasteiger partial charge is 0.466 e. The molecule has 0 spiro atoms. The number of hydrogen-bond acceptors (Lipinski definition) is 3. The lowest BCUT2D eigenvalue weighted by atomic mass is 9.97. The molecule has 2 N–H and O–H groups in total. The van der Waals surface area contributed by atoms with Crippen LogP contribution in [0, 0.1) is 5.92 Å². The number of halogens is 1. The molecule has 0 saturated heterocycles. The van der Waals surface area contributed by atoms with Gasteiger partial charge in [-0.25, -0.2) is 0 Å². The smallest absolute Gasteiger partial charge is 0.220 e. The maximum Gasteiger partial charge on any atom is 0.220 e. The average molecular weight is 336 g/mol. The van der Waals surface area contributed by atoms with E-state index in [2.05, 4.69) is 5.32 Å². The van der Waals surface area contributed by atoms with Gasteiger partial charge in [0.15, 0.2) is 0 Å². The van der Waals surface area contributed by atoms with Crippen molar-refractivity contribution >= 4 is 17.5 Å². The van der Waals surface area contributed by atoms with Crippen LogP contribution >= 0.6 is 11.6 Å². The molecule has 1 amide bonds. The molecule has 1 heterocycles. The minimum Gasteiger partial charge on any atom is -0.466 e. The molecule has 1 aromatic heterocycles. The molecule has 0 radical (unpaired) electrons. The maximum atomic E-state index is 12.0. The summed E-state index contributed by atoms with van der Waals surface area (Å²) in [6, 6.07) is 11.0. The number of furan rings is 1. The van der Waals surface area contributed by atoms with Crippen molar-refractivity contribution < 1.29 is 14.3 Å². The van der Waals surface area contributed by atoms with E-state index in [1.807, 2.05) is 31.2 Å². The average Bonchev–Trinajstić information content (AvgIpc) is 3.03. The number of benzene rings is 1. The Balaban J connectivity index is 1.79. The van der Waals surface area contributed by atoms with Crippen molar-refractivity contribution in [2.75, 3.05) is 6.54 Å². The second-order valence-corrected chi connectivity index (χ2v) is 6.60. The van der Waals surface area contributed by atoms with E-state index in [0.717, 1.165) is 12.0 Å². The summed E-state index contributed by atoms with van der Waals surface area (Å²) in [6.07, 6.45) is 2.70. The molecule has 0 aliphatic carbocycles. The van der Waals surface area contributed by atoms with Crippen LogP contribution in [0.2, 0.25) is 5.02 Å². The first-order chi connectivity index (χ1) is 10.9. The zero-order valence-electron chi connectivity index (χ0n) is 13.4. The Hall–Kier alpha value is -1.78. The second kappa shape index (κ2) is 7.66. The van der Waals surface area contributed by atoms with E-state index in [4.69, 9.17) is 16.0 Å². The van der Waals surface area contributed by atoms with Gasteiger partial charge in [-0.3, -0.25) is 4.79 Å². The first-order valence-electron chi connectivity index (χ1n) is 7.64. The van der Waals surface area contributed by atoms with Gasteiger partial charge in [0.2, 0.25) is 5.91 Å². The van der Waals surface area contributed by atoms with Gasteiger partial charge < -0.3 is 14.8 Å². The molecule has 0 aliphatic heterocycles. The summed E-state index contributed by atoms with van der Waals surface area (Å²) in [6.45, 7) is 3.76. The number of hydrogen-bond donors (Lipinski definition) is 2. The Bertz CT molecular complexity index is 620. The van der Waals surface area contributed by atoms with E-state index in [0.29, 0.717) is 17.2 Å². The number of carbonyl (C=O) groups excluding carboxylic acids is 1.